The van der Waals surface area contributed by atoms with Crippen LogP contribution >= 0.6 is 0 Å². The molecule has 2 aromatic carbocycles. The molecule has 0 aromatic heterocycles. The lowest BCUT2D eigenvalue weighted by Crippen LogP contribution is -2.48. The maximum Gasteiger partial charge on any atom is 0.348 e. The first-order valence-electron chi connectivity index (χ1n) is 14.6. The molecule has 2 amide bonds. The van der Waals surface area contributed by atoms with Crippen molar-refractivity contribution in [3.63, 3.8) is 0 Å². The minimum absolute atomic E-state index is 0.0259. The van der Waals surface area contributed by atoms with E-state index in [0.29, 0.717) is 5.75 Å². The lowest BCUT2D eigenvalue weighted by Gasteiger charge is -2.26. The van der Waals surface area contributed by atoms with E-state index < -0.39 is 42.0 Å². The molecule has 0 radical (unpaired) electrons. The van der Waals surface area contributed by atoms with Crippen LogP contribution in [0.2, 0.25) is 0 Å². The van der Waals surface area contributed by atoms with Crippen molar-refractivity contribution in [1.29, 1.82) is 0 Å². The van der Waals surface area contributed by atoms with Crippen molar-refractivity contribution in [3.05, 3.63) is 77.9 Å². The van der Waals surface area contributed by atoms with E-state index in [2.05, 4.69) is 10.6 Å². The zero-order valence-corrected chi connectivity index (χ0v) is 25.0. The van der Waals surface area contributed by atoms with Crippen LogP contribution in [0.15, 0.2) is 66.7 Å². The van der Waals surface area contributed by atoms with Crippen molar-refractivity contribution in [1.82, 2.24) is 10.6 Å². The normalized spacial score (nSPS) is 26.9. The summed E-state index contributed by atoms with van der Waals surface area (Å²) >= 11 is 0. The van der Waals surface area contributed by atoms with Gasteiger partial charge in [-0.1, -0.05) is 69.3 Å². The molecule has 0 unspecified atom stereocenters. The largest absolute Gasteiger partial charge is 0.497 e. The number of hydrogen-bond donors (Lipinski definition) is 2. The van der Waals surface area contributed by atoms with Gasteiger partial charge in [-0.2, -0.15) is 0 Å². The Morgan fingerprint density at radius 3 is 2.35 bits per heavy atom. The van der Waals surface area contributed by atoms with Gasteiger partial charge in [-0.05, 0) is 29.3 Å². The summed E-state index contributed by atoms with van der Waals surface area (Å²) in [4.78, 5) is 51.9. The number of nitrogens with one attached hydrogen (secondary N) is 2. The van der Waals surface area contributed by atoms with Crippen molar-refractivity contribution < 1.29 is 38.1 Å². The molecule has 0 bridgehead atoms. The van der Waals surface area contributed by atoms with Gasteiger partial charge in [0.2, 0.25) is 17.9 Å². The Morgan fingerprint density at radius 1 is 0.953 bits per heavy atom. The van der Waals surface area contributed by atoms with Crippen LogP contribution in [0.3, 0.4) is 0 Å². The van der Waals surface area contributed by atoms with E-state index in [4.69, 9.17) is 18.9 Å². The van der Waals surface area contributed by atoms with Crippen molar-refractivity contribution >= 4 is 23.8 Å². The van der Waals surface area contributed by atoms with E-state index in [1.54, 1.807) is 39.2 Å². The predicted molar refractivity (Wildman–Crippen MR) is 158 cm³/mol. The monoisotopic (exact) mass is 592 g/mol. The zero-order valence-electron chi connectivity index (χ0n) is 25.0. The molecule has 0 aliphatic carbocycles. The summed E-state index contributed by atoms with van der Waals surface area (Å²) in [7, 11) is 1.57. The van der Waals surface area contributed by atoms with Gasteiger partial charge in [-0.25, -0.2) is 4.79 Å². The van der Waals surface area contributed by atoms with Crippen molar-refractivity contribution in [3.8, 4) is 5.75 Å². The molecule has 4 rings (SSSR count). The molecule has 230 valence electrons. The Hall–Kier alpha value is -4.18. The SMILES string of the molecule is COc1ccc(C[C@H]2NC(=O)/C=C/C[C@@H]([C@H](C)[C@H]3O[C@@H]3c3ccccc3)OC(=O)[C@H](C(C)C)OC(=O)CCNC2=O)cc1. The fourth-order valence-electron chi connectivity index (χ4n) is 5.04. The van der Waals surface area contributed by atoms with Gasteiger partial charge in [-0.15, -0.1) is 0 Å². The summed E-state index contributed by atoms with van der Waals surface area (Å²) in [6, 6.07) is 16.1. The number of carbonyl (C=O) groups is 4. The molecule has 10 heteroatoms. The Labute approximate surface area is 252 Å². The molecule has 2 aliphatic rings. The van der Waals surface area contributed by atoms with Crippen LogP contribution in [0.25, 0.3) is 0 Å². The maximum atomic E-state index is 13.3. The van der Waals surface area contributed by atoms with Crippen molar-refractivity contribution in [2.75, 3.05) is 13.7 Å². The van der Waals surface area contributed by atoms with Gasteiger partial charge in [0.05, 0.1) is 19.6 Å². The van der Waals surface area contributed by atoms with Gasteiger partial charge in [0.25, 0.3) is 0 Å². The van der Waals surface area contributed by atoms with Gasteiger partial charge in [0.15, 0.2) is 0 Å². The molecule has 1 fully saturated rings. The van der Waals surface area contributed by atoms with E-state index in [0.717, 1.165) is 11.1 Å². The van der Waals surface area contributed by atoms with E-state index in [9.17, 15) is 19.2 Å². The van der Waals surface area contributed by atoms with E-state index in [1.165, 1.54) is 6.08 Å². The quantitative estimate of drug-likeness (QED) is 0.369. The van der Waals surface area contributed by atoms with Crippen molar-refractivity contribution in [2.45, 2.75) is 70.5 Å². The number of methoxy groups -OCH3 is 1. The molecule has 2 N–H and O–H groups in total. The number of ether oxygens (including phenoxy) is 4. The lowest BCUT2D eigenvalue weighted by molar-refractivity contribution is -0.176. The molecular weight excluding hydrogens is 552 g/mol. The number of rotatable bonds is 7. The second-order valence-corrected chi connectivity index (χ2v) is 11.2. The van der Waals surface area contributed by atoms with Crippen LogP contribution in [0.1, 0.15) is 50.8 Å². The molecule has 1 saturated heterocycles. The topological polar surface area (TPSA) is 133 Å². The van der Waals surface area contributed by atoms with E-state index in [1.807, 2.05) is 49.4 Å². The number of epoxide rings is 1. The van der Waals surface area contributed by atoms with Gasteiger partial charge in [0.1, 0.15) is 24.0 Å². The Kier molecular flexibility index (Phi) is 10.9. The third kappa shape index (κ3) is 8.90. The Bertz CT molecular complexity index is 1290. The number of amides is 2. The van der Waals surface area contributed by atoms with Crippen LogP contribution in [0.4, 0.5) is 0 Å². The summed E-state index contributed by atoms with van der Waals surface area (Å²) < 4.78 is 22.6. The predicted octanol–water partition coefficient (Wildman–Crippen LogP) is 3.44. The maximum absolute atomic E-state index is 13.3. The summed E-state index contributed by atoms with van der Waals surface area (Å²) in [5.41, 5.74) is 1.85. The second-order valence-electron chi connectivity index (χ2n) is 11.2. The highest BCUT2D eigenvalue weighted by Crippen LogP contribution is 2.45. The third-order valence-corrected chi connectivity index (χ3v) is 7.62. The molecule has 0 saturated carbocycles. The van der Waals surface area contributed by atoms with Gasteiger partial charge < -0.3 is 29.6 Å². The number of benzene rings is 2. The van der Waals surface area contributed by atoms with Gasteiger partial charge >= 0.3 is 11.9 Å². The van der Waals surface area contributed by atoms with Crippen LogP contribution in [-0.4, -0.2) is 61.8 Å². The van der Waals surface area contributed by atoms with E-state index >= 15 is 0 Å². The highest BCUT2D eigenvalue weighted by atomic mass is 16.6. The summed E-state index contributed by atoms with van der Waals surface area (Å²) in [6.45, 7) is 5.44. The van der Waals surface area contributed by atoms with Crippen molar-refractivity contribution in [2.24, 2.45) is 11.8 Å². The van der Waals surface area contributed by atoms with Crippen LogP contribution in [-0.2, 0) is 39.8 Å². The first kappa shape index (κ1) is 31.7. The Morgan fingerprint density at radius 2 is 1.67 bits per heavy atom. The molecule has 43 heavy (non-hydrogen) atoms. The molecular formula is C33H40N2O8. The number of carbonyl (C=O) groups excluding carboxylic acids is 4. The lowest BCUT2D eigenvalue weighted by atomic mass is 9.93. The molecule has 6 atom stereocenters. The third-order valence-electron chi connectivity index (χ3n) is 7.62. The summed E-state index contributed by atoms with van der Waals surface area (Å²) in [5.74, 6) is -2.11. The fourth-order valence-corrected chi connectivity index (χ4v) is 5.04. The van der Waals surface area contributed by atoms with Crippen LogP contribution in [0, 0.1) is 11.8 Å². The standard InChI is InChI=1S/C33H40N2O8/c1-20(2)29-33(39)41-26(21(3)30-31(43-30)23-9-6-5-7-10-23)11-8-12-27(36)35-25(32(38)34-18-17-28(37)42-29)19-22-13-15-24(40-4)16-14-22/h5-10,12-16,20-21,25-26,29-31H,11,17-19H2,1-4H3,(H,34,38)(H,35,36)/b12-8+/t21-,25+,26-,29-,30+,31+/m0/s1. The highest BCUT2D eigenvalue weighted by molar-refractivity contribution is 5.93. The smallest absolute Gasteiger partial charge is 0.348 e. The van der Waals surface area contributed by atoms with Crippen LogP contribution < -0.4 is 15.4 Å². The van der Waals surface area contributed by atoms with Gasteiger partial charge in [-0.3, -0.25) is 14.4 Å². The number of hydrogen-bond acceptors (Lipinski definition) is 8. The molecule has 10 nitrogen and oxygen atoms in total. The van der Waals surface area contributed by atoms with Gasteiger partial charge in [0, 0.05) is 31.2 Å². The molecule has 2 aliphatic heterocycles. The average Bonchev–Trinajstić information content (AvgIpc) is 3.80. The fraction of sp³-hybridized carbons (Fsp3) is 0.455. The molecule has 2 heterocycles. The molecule has 2 aromatic rings. The van der Waals surface area contributed by atoms with Crippen LogP contribution in [0.5, 0.6) is 5.75 Å². The second kappa shape index (κ2) is 14.8. The number of cyclic esters (lactones) is 2. The number of esters is 2. The molecule has 0 spiro atoms. The highest BCUT2D eigenvalue weighted by Gasteiger charge is 2.47. The average molecular weight is 593 g/mol. The van der Waals surface area contributed by atoms with E-state index in [-0.39, 0.29) is 49.9 Å². The first-order valence-corrected chi connectivity index (χ1v) is 14.6. The zero-order chi connectivity index (χ0) is 30.9. The minimum atomic E-state index is -1.12. The minimum Gasteiger partial charge on any atom is -0.497 e. The first-order chi connectivity index (χ1) is 20.7. The Balaban J connectivity index is 1.53. The summed E-state index contributed by atoms with van der Waals surface area (Å²) in [5, 5.41) is 5.45. The summed E-state index contributed by atoms with van der Waals surface area (Å²) in [6.07, 6.45) is 1.17.